The van der Waals surface area contributed by atoms with Crippen LogP contribution in [0.25, 0.3) is 0 Å². The van der Waals surface area contributed by atoms with Gasteiger partial charge in [0.1, 0.15) is 0 Å². The maximum absolute atomic E-state index is 11.6. The highest BCUT2D eigenvalue weighted by Crippen LogP contribution is 2.11. The highest BCUT2D eigenvalue weighted by Gasteiger charge is 2.16. The topological polar surface area (TPSA) is 73.6 Å². The molecule has 0 aromatic heterocycles. The normalized spacial score (nSPS) is 22.7. The van der Waals surface area contributed by atoms with Gasteiger partial charge in [0.25, 0.3) is 0 Å². The van der Waals surface area contributed by atoms with Crippen molar-refractivity contribution in [1.29, 1.82) is 0 Å². The van der Waals surface area contributed by atoms with Crippen molar-refractivity contribution in [3.8, 4) is 0 Å². The minimum absolute atomic E-state index is 0.0177. The van der Waals surface area contributed by atoms with E-state index in [2.05, 4.69) is 5.32 Å². The maximum atomic E-state index is 11.6. The largest absolute Gasteiger partial charge is 0.379 e. The molecular formula is C13H26N2O3. The number of ether oxygens (including phenoxy) is 2. The lowest BCUT2D eigenvalue weighted by atomic mass is 10.0. The van der Waals surface area contributed by atoms with Crippen molar-refractivity contribution >= 4 is 5.91 Å². The molecule has 18 heavy (non-hydrogen) atoms. The van der Waals surface area contributed by atoms with Gasteiger partial charge >= 0.3 is 0 Å². The third kappa shape index (κ3) is 5.80. The summed E-state index contributed by atoms with van der Waals surface area (Å²) in [6.45, 7) is 6.51. The van der Waals surface area contributed by atoms with Crippen LogP contribution in [0.2, 0.25) is 0 Å². The molecule has 106 valence electrons. The van der Waals surface area contributed by atoms with Crippen LogP contribution in [-0.2, 0) is 14.3 Å². The Labute approximate surface area is 109 Å². The Morgan fingerprint density at radius 2 is 2.33 bits per heavy atom. The molecule has 5 heteroatoms. The van der Waals surface area contributed by atoms with Gasteiger partial charge in [0, 0.05) is 31.7 Å². The van der Waals surface area contributed by atoms with E-state index in [0.29, 0.717) is 19.8 Å². The maximum Gasteiger partial charge on any atom is 0.224 e. The number of carbonyl (C=O) groups excluding carboxylic acids is 1. The summed E-state index contributed by atoms with van der Waals surface area (Å²) in [6.07, 6.45) is 3.34. The molecule has 0 saturated carbocycles. The second-order valence-corrected chi connectivity index (χ2v) is 5.00. The number of amides is 1. The van der Waals surface area contributed by atoms with E-state index in [1.165, 1.54) is 0 Å². The summed E-state index contributed by atoms with van der Waals surface area (Å²) in [6, 6.07) is -0.110. The lowest BCUT2D eigenvalue weighted by molar-refractivity contribution is -0.124. The zero-order valence-corrected chi connectivity index (χ0v) is 11.5. The van der Waals surface area contributed by atoms with E-state index < -0.39 is 0 Å². The molecule has 3 unspecified atom stereocenters. The van der Waals surface area contributed by atoms with E-state index in [-0.39, 0.29) is 24.0 Å². The van der Waals surface area contributed by atoms with E-state index in [1.807, 2.05) is 13.8 Å². The first-order chi connectivity index (χ1) is 8.61. The van der Waals surface area contributed by atoms with Gasteiger partial charge in [0.2, 0.25) is 5.91 Å². The minimum atomic E-state index is -0.141. The Morgan fingerprint density at radius 3 is 2.94 bits per heavy atom. The summed E-state index contributed by atoms with van der Waals surface area (Å²) in [4.78, 5) is 11.6. The van der Waals surface area contributed by atoms with E-state index in [1.54, 1.807) is 0 Å². The van der Waals surface area contributed by atoms with Crippen LogP contribution in [0.3, 0.4) is 0 Å². The quantitative estimate of drug-likeness (QED) is 0.628. The Balaban J connectivity index is 1.93. The summed E-state index contributed by atoms with van der Waals surface area (Å²) < 4.78 is 11.0. The highest BCUT2D eigenvalue weighted by molar-refractivity contribution is 5.78. The predicted octanol–water partition coefficient (Wildman–Crippen LogP) is 0.672. The van der Waals surface area contributed by atoms with Gasteiger partial charge in [-0.1, -0.05) is 6.92 Å². The van der Waals surface area contributed by atoms with E-state index >= 15 is 0 Å². The zero-order chi connectivity index (χ0) is 13.4. The van der Waals surface area contributed by atoms with Crippen LogP contribution in [0, 0.1) is 5.92 Å². The van der Waals surface area contributed by atoms with Crippen LogP contribution in [-0.4, -0.2) is 44.4 Å². The Hall–Kier alpha value is -0.650. The van der Waals surface area contributed by atoms with E-state index in [9.17, 15) is 4.79 Å². The molecule has 5 nitrogen and oxygen atoms in total. The molecule has 0 bridgehead atoms. The van der Waals surface area contributed by atoms with Crippen molar-refractivity contribution in [3.63, 3.8) is 0 Å². The molecule has 1 rings (SSSR count). The molecule has 3 atom stereocenters. The molecule has 1 fully saturated rings. The Kier molecular flexibility index (Phi) is 7.23. The number of carbonyl (C=O) groups is 1. The van der Waals surface area contributed by atoms with Crippen LogP contribution in [0.1, 0.15) is 33.1 Å². The molecular weight excluding hydrogens is 232 g/mol. The van der Waals surface area contributed by atoms with Crippen LogP contribution in [0.4, 0.5) is 0 Å². The van der Waals surface area contributed by atoms with Gasteiger partial charge in [-0.25, -0.2) is 0 Å². The van der Waals surface area contributed by atoms with Crippen LogP contribution >= 0.6 is 0 Å². The van der Waals surface area contributed by atoms with Gasteiger partial charge in [-0.15, -0.1) is 0 Å². The standard InChI is InChI=1S/C13H26N2O3/c1-10(11(2)14)13(16)15-6-4-7-17-9-12-5-3-8-18-12/h10-12H,3-9,14H2,1-2H3,(H,15,16). The van der Waals surface area contributed by atoms with Crippen molar-refractivity contribution in [2.75, 3.05) is 26.4 Å². The molecule has 3 N–H and O–H groups in total. The molecule has 1 amide bonds. The number of rotatable bonds is 8. The van der Waals surface area contributed by atoms with Gasteiger partial charge in [-0.05, 0) is 26.2 Å². The smallest absolute Gasteiger partial charge is 0.224 e. The number of nitrogens with one attached hydrogen (secondary N) is 1. The van der Waals surface area contributed by atoms with E-state index in [4.69, 9.17) is 15.2 Å². The fourth-order valence-electron chi connectivity index (χ4n) is 1.78. The molecule has 0 aromatic carbocycles. The summed E-state index contributed by atoms with van der Waals surface area (Å²) in [5, 5.41) is 2.86. The molecule has 0 aliphatic carbocycles. The van der Waals surface area contributed by atoms with Crippen molar-refractivity contribution in [2.45, 2.75) is 45.3 Å². The monoisotopic (exact) mass is 258 g/mol. The molecule has 1 saturated heterocycles. The second-order valence-electron chi connectivity index (χ2n) is 5.00. The first-order valence-electron chi connectivity index (χ1n) is 6.84. The molecule has 0 radical (unpaired) electrons. The lowest BCUT2D eigenvalue weighted by Gasteiger charge is -2.15. The first-order valence-corrected chi connectivity index (χ1v) is 6.84. The molecule has 1 heterocycles. The summed E-state index contributed by atoms with van der Waals surface area (Å²) in [5.41, 5.74) is 5.66. The molecule has 1 aliphatic rings. The summed E-state index contributed by atoms with van der Waals surface area (Å²) in [5.74, 6) is -0.123. The predicted molar refractivity (Wildman–Crippen MR) is 70.2 cm³/mol. The fraction of sp³-hybridized carbons (Fsp3) is 0.923. The summed E-state index contributed by atoms with van der Waals surface area (Å²) in [7, 11) is 0. The van der Waals surface area contributed by atoms with Gasteiger partial charge in [0.15, 0.2) is 0 Å². The Morgan fingerprint density at radius 1 is 1.56 bits per heavy atom. The van der Waals surface area contributed by atoms with Crippen LogP contribution < -0.4 is 11.1 Å². The lowest BCUT2D eigenvalue weighted by Crippen LogP contribution is -2.39. The first kappa shape index (κ1) is 15.4. The SMILES string of the molecule is CC(N)C(C)C(=O)NCCCOCC1CCCO1. The number of nitrogens with two attached hydrogens (primary N) is 1. The highest BCUT2D eigenvalue weighted by atomic mass is 16.5. The number of hydrogen-bond acceptors (Lipinski definition) is 4. The summed E-state index contributed by atoms with van der Waals surface area (Å²) >= 11 is 0. The van der Waals surface area contributed by atoms with Crippen molar-refractivity contribution < 1.29 is 14.3 Å². The molecule has 1 aliphatic heterocycles. The molecule has 0 spiro atoms. The zero-order valence-electron chi connectivity index (χ0n) is 11.5. The second kappa shape index (κ2) is 8.45. The fourth-order valence-corrected chi connectivity index (χ4v) is 1.78. The third-order valence-electron chi connectivity index (χ3n) is 3.29. The Bertz CT molecular complexity index is 240. The van der Waals surface area contributed by atoms with Gasteiger partial charge < -0.3 is 20.5 Å². The van der Waals surface area contributed by atoms with Crippen molar-refractivity contribution in [1.82, 2.24) is 5.32 Å². The van der Waals surface area contributed by atoms with Crippen molar-refractivity contribution in [2.24, 2.45) is 11.7 Å². The van der Waals surface area contributed by atoms with Gasteiger partial charge in [-0.3, -0.25) is 4.79 Å². The van der Waals surface area contributed by atoms with Crippen LogP contribution in [0.5, 0.6) is 0 Å². The average Bonchev–Trinajstić information content (AvgIpc) is 2.85. The van der Waals surface area contributed by atoms with Crippen molar-refractivity contribution in [3.05, 3.63) is 0 Å². The average molecular weight is 258 g/mol. The van der Waals surface area contributed by atoms with Gasteiger partial charge in [0.05, 0.1) is 12.7 Å². The minimum Gasteiger partial charge on any atom is -0.379 e. The molecule has 0 aromatic rings. The third-order valence-corrected chi connectivity index (χ3v) is 3.29. The van der Waals surface area contributed by atoms with Gasteiger partial charge in [-0.2, -0.15) is 0 Å². The number of hydrogen-bond donors (Lipinski definition) is 2. The van der Waals surface area contributed by atoms with E-state index in [0.717, 1.165) is 25.9 Å². The van der Waals surface area contributed by atoms with Crippen LogP contribution in [0.15, 0.2) is 0 Å².